The molecule has 3 N–H and O–H groups in total. The Morgan fingerprint density at radius 2 is 0.533 bits per heavy atom. The summed E-state index contributed by atoms with van der Waals surface area (Å²) < 4.78 is 68.3. The van der Waals surface area contributed by atoms with E-state index in [4.69, 9.17) is 37.0 Å². The zero-order chi connectivity index (χ0) is 66.8. The fourth-order valence-electron chi connectivity index (χ4n) is 10.6. The Morgan fingerprint density at radius 1 is 0.311 bits per heavy atom. The fourth-order valence-corrected chi connectivity index (χ4v) is 12.2. The van der Waals surface area contributed by atoms with E-state index in [0.717, 1.165) is 114 Å². The number of aliphatic hydroxyl groups excluding tert-OH is 1. The number of carbonyl (C=O) groups is 4. The number of hydrogen-bond donors (Lipinski definition) is 3. The van der Waals surface area contributed by atoms with Crippen LogP contribution in [0.2, 0.25) is 0 Å². The molecular weight excluding hydrogens is 1190 g/mol. The molecule has 0 spiro atoms. The quantitative estimate of drug-likeness (QED) is 0.0222. The van der Waals surface area contributed by atoms with Gasteiger partial charge < -0.3 is 33.8 Å². The van der Waals surface area contributed by atoms with Crippen molar-refractivity contribution in [1.29, 1.82) is 0 Å². The minimum absolute atomic E-state index is 0.104. The second-order valence-corrected chi connectivity index (χ2v) is 30.2. The minimum Gasteiger partial charge on any atom is -0.462 e. The Bertz CT molecular complexity index is 1780. The van der Waals surface area contributed by atoms with Crippen LogP contribution >= 0.6 is 15.6 Å². The van der Waals surface area contributed by atoms with E-state index in [-0.39, 0.29) is 25.7 Å². The third-order valence-corrected chi connectivity index (χ3v) is 18.6. The number of carbonyl (C=O) groups excluding carboxylic acids is 4. The van der Waals surface area contributed by atoms with E-state index in [2.05, 4.69) is 55.4 Å². The van der Waals surface area contributed by atoms with Crippen LogP contribution in [0.1, 0.15) is 351 Å². The number of unbranched alkanes of at least 4 members (excludes halogenated alkanes) is 33. The highest BCUT2D eigenvalue weighted by Crippen LogP contribution is 2.45. The molecule has 90 heavy (non-hydrogen) atoms. The van der Waals surface area contributed by atoms with Crippen LogP contribution in [0.15, 0.2) is 0 Å². The van der Waals surface area contributed by atoms with Crippen LogP contribution < -0.4 is 0 Å². The fraction of sp³-hybridized carbons (Fsp3) is 0.944. The third kappa shape index (κ3) is 63.5. The van der Waals surface area contributed by atoms with Crippen LogP contribution in [0.25, 0.3) is 0 Å². The third-order valence-electron chi connectivity index (χ3n) is 16.7. The number of aliphatic hydroxyl groups is 1. The molecule has 0 aromatic heterocycles. The Labute approximate surface area is 549 Å². The lowest BCUT2D eigenvalue weighted by molar-refractivity contribution is -0.161. The molecule has 0 saturated carbocycles. The average molecular weight is 1330 g/mol. The van der Waals surface area contributed by atoms with Crippen LogP contribution in [0, 0.1) is 23.7 Å². The van der Waals surface area contributed by atoms with Crippen LogP contribution in [0.5, 0.6) is 0 Å². The number of hydrogen-bond acceptors (Lipinski definition) is 15. The molecule has 0 aliphatic carbocycles. The standard InChI is InChI=1S/C71H138O17P2/c1-9-64(8)50-42-34-26-19-21-29-38-46-54-71(76)88-67(58-82-69(74)52-44-36-30-22-25-33-41-49-63(6)7)60-86-90(79,80)84-56-65(72)55-83-89(77,78)85-59-66(87-70(75)53-45-37-28-20-18-24-32-40-48-62(4)5)57-81-68(73)51-43-35-27-17-15-13-11-10-12-14-16-23-31-39-47-61(2)3/h61-67,72H,9-60H2,1-8H3,(H,77,78)(H,79,80)/t64?,65?,66-,67-/m1/s1. The van der Waals surface area contributed by atoms with Crippen molar-refractivity contribution in [3.8, 4) is 0 Å². The van der Waals surface area contributed by atoms with Gasteiger partial charge in [0.15, 0.2) is 12.2 Å². The molecule has 4 unspecified atom stereocenters. The topological polar surface area (TPSA) is 237 Å². The normalized spacial score (nSPS) is 14.6. The van der Waals surface area contributed by atoms with Crippen molar-refractivity contribution < 1.29 is 80.2 Å². The van der Waals surface area contributed by atoms with E-state index in [1.54, 1.807) is 0 Å². The molecule has 534 valence electrons. The molecule has 6 atom stereocenters. The van der Waals surface area contributed by atoms with E-state index in [1.165, 1.54) is 148 Å². The lowest BCUT2D eigenvalue weighted by Crippen LogP contribution is -2.30. The first-order valence-corrected chi connectivity index (χ1v) is 39.7. The first kappa shape index (κ1) is 88.1. The summed E-state index contributed by atoms with van der Waals surface area (Å²) in [6, 6.07) is 0. The molecule has 19 heteroatoms. The zero-order valence-corrected chi connectivity index (χ0v) is 60.6. The Morgan fingerprint density at radius 3 is 0.789 bits per heavy atom. The molecule has 0 aromatic carbocycles. The second kappa shape index (κ2) is 60.7. The Balaban J connectivity index is 5.22. The highest BCUT2D eigenvalue weighted by molar-refractivity contribution is 7.47. The molecule has 0 aliphatic heterocycles. The van der Waals surface area contributed by atoms with Gasteiger partial charge in [-0.15, -0.1) is 0 Å². The van der Waals surface area contributed by atoms with E-state index in [0.29, 0.717) is 31.6 Å². The molecule has 0 fully saturated rings. The predicted molar refractivity (Wildman–Crippen MR) is 363 cm³/mol. The monoisotopic (exact) mass is 1320 g/mol. The van der Waals surface area contributed by atoms with Crippen LogP contribution in [0.3, 0.4) is 0 Å². The first-order valence-electron chi connectivity index (χ1n) is 36.7. The number of rotatable bonds is 68. The minimum atomic E-state index is -4.95. The maximum atomic E-state index is 13.0. The maximum absolute atomic E-state index is 13.0. The van der Waals surface area contributed by atoms with Gasteiger partial charge in [0.2, 0.25) is 0 Å². The smallest absolute Gasteiger partial charge is 0.462 e. The van der Waals surface area contributed by atoms with Crippen molar-refractivity contribution in [3.63, 3.8) is 0 Å². The van der Waals surface area contributed by atoms with Crippen molar-refractivity contribution in [1.82, 2.24) is 0 Å². The summed E-state index contributed by atoms with van der Waals surface area (Å²) in [5.74, 6) is 0.861. The molecule has 17 nitrogen and oxygen atoms in total. The van der Waals surface area contributed by atoms with Crippen molar-refractivity contribution in [3.05, 3.63) is 0 Å². The summed E-state index contributed by atoms with van der Waals surface area (Å²) >= 11 is 0. The number of phosphoric acid groups is 2. The van der Waals surface area contributed by atoms with Crippen LogP contribution in [-0.4, -0.2) is 96.7 Å². The lowest BCUT2D eigenvalue weighted by Gasteiger charge is -2.21. The van der Waals surface area contributed by atoms with Crippen molar-refractivity contribution >= 4 is 39.5 Å². The lowest BCUT2D eigenvalue weighted by atomic mass is 9.99. The maximum Gasteiger partial charge on any atom is 0.472 e. The summed E-state index contributed by atoms with van der Waals surface area (Å²) in [7, 11) is -9.90. The van der Waals surface area contributed by atoms with Crippen molar-refractivity contribution in [2.75, 3.05) is 39.6 Å². The van der Waals surface area contributed by atoms with Gasteiger partial charge in [0.1, 0.15) is 19.3 Å². The Kier molecular flexibility index (Phi) is 59.4. The summed E-state index contributed by atoms with van der Waals surface area (Å²) in [4.78, 5) is 72.5. The molecule has 0 aromatic rings. The van der Waals surface area contributed by atoms with Crippen molar-refractivity contribution in [2.45, 2.75) is 369 Å². The van der Waals surface area contributed by atoms with Crippen LogP contribution in [-0.2, 0) is 65.4 Å². The molecule has 0 amide bonds. The zero-order valence-electron chi connectivity index (χ0n) is 58.8. The summed E-state index contributed by atoms with van der Waals surface area (Å²) in [5, 5.41) is 10.6. The highest BCUT2D eigenvalue weighted by atomic mass is 31.2. The van der Waals surface area contributed by atoms with Gasteiger partial charge in [-0.05, 0) is 49.4 Å². The molecule has 0 saturated heterocycles. The molecule has 0 radical (unpaired) electrons. The highest BCUT2D eigenvalue weighted by Gasteiger charge is 2.30. The van der Waals surface area contributed by atoms with E-state index >= 15 is 0 Å². The number of esters is 4. The van der Waals surface area contributed by atoms with Gasteiger partial charge in [-0.2, -0.15) is 0 Å². The second-order valence-electron chi connectivity index (χ2n) is 27.3. The van der Waals surface area contributed by atoms with Gasteiger partial charge in [-0.3, -0.25) is 37.3 Å². The summed E-state index contributed by atoms with van der Waals surface area (Å²) in [6.45, 7) is 14.1. The van der Waals surface area contributed by atoms with Gasteiger partial charge >= 0.3 is 39.5 Å². The van der Waals surface area contributed by atoms with Crippen molar-refractivity contribution in [2.24, 2.45) is 23.7 Å². The molecule has 0 aliphatic rings. The molecule has 0 bridgehead atoms. The molecule has 0 rings (SSSR count). The van der Waals surface area contributed by atoms with Gasteiger partial charge in [0.25, 0.3) is 0 Å². The molecular formula is C71H138O17P2. The van der Waals surface area contributed by atoms with Gasteiger partial charge in [-0.1, -0.05) is 299 Å². The first-order chi connectivity index (χ1) is 43.1. The Hall–Kier alpha value is -1.94. The van der Waals surface area contributed by atoms with E-state index < -0.39 is 97.5 Å². The van der Waals surface area contributed by atoms with Gasteiger partial charge in [-0.25, -0.2) is 9.13 Å². The van der Waals surface area contributed by atoms with E-state index in [1.807, 2.05) is 0 Å². The number of ether oxygens (including phenoxy) is 4. The van der Waals surface area contributed by atoms with E-state index in [9.17, 15) is 43.2 Å². The van der Waals surface area contributed by atoms with Crippen LogP contribution in [0.4, 0.5) is 0 Å². The molecule has 0 heterocycles. The average Bonchev–Trinajstić information content (AvgIpc) is 2.82. The van der Waals surface area contributed by atoms with Gasteiger partial charge in [0, 0.05) is 25.7 Å². The largest absolute Gasteiger partial charge is 0.472 e. The summed E-state index contributed by atoms with van der Waals surface area (Å²) in [6.07, 6.45) is 43.2. The number of phosphoric ester groups is 2. The van der Waals surface area contributed by atoms with Gasteiger partial charge in [0.05, 0.1) is 26.4 Å². The summed E-state index contributed by atoms with van der Waals surface area (Å²) in [5.41, 5.74) is 0. The SMILES string of the molecule is CCC(C)CCCCCCCCCCC(=O)O[C@H](COC(=O)CCCCCCCCCC(C)C)COP(=O)(O)OCC(O)COP(=O)(O)OC[C@@H](COC(=O)CCCCCCCCCCCCCCCCC(C)C)OC(=O)CCCCCCCCCCC(C)C. The predicted octanol–water partition coefficient (Wildman–Crippen LogP) is 20.1.